The number of hydrogen-bond donors (Lipinski definition) is 0. The third-order valence-corrected chi connectivity index (χ3v) is 5.00. The molecule has 78 valence electrons. The molecular formula is C10H20O2S. The molecule has 1 fully saturated rings. The molecule has 0 bridgehead atoms. The van der Waals surface area contributed by atoms with Crippen molar-refractivity contribution in [3.8, 4) is 0 Å². The van der Waals surface area contributed by atoms with Crippen LogP contribution in [0.2, 0.25) is 0 Å². The van der Waals surface area contributed by atoms with Gasteiger partial charge in [0.05, 0.1) is 11.5 Å². The molecule has 0 amide bonds. The van der Waals surface area contributed by atoms with E-state index in [1.54, 1.807) is 0 Å². The van der Waals surface area contributed by atoms with Crippen LogP contribution < -0.4 is 0 Å². The minimum Gasteiger partial charge on any atom is -0.229 e. The predicted molar refractivity (Wildman–Crippen MR) is 55.4 cm³/mol. The van der Waals surface area contributed by atoms with Crippen LogP contribution in [-0.2, 0) is 9.84 Å². The van der Waals surface area contributed by atoms with Crippen molar-refractivity contribution >= 4 is 9.84 Å². The van der Waals surface area contributed by atoms with Gasteiger partial charge in [-0.05, 0) is 24.2 Å². The molecule has 2 nitrogen and oxygen atoms in total. The van der Waals surface area contributed by atoms with Gasteiger partial charge in [0.2, 0.25) is 0 Å². The zero-order valence-electron chi connectivity index (χ0n) is 8.84. The third-order valence-electron chi connectivity index (χ3n) is 3.23. The SMILES string of the molecule is CCCC(C)(C)C1CCS(=O)(=O)C1. The van der Waals surface area contributed by atoms with Crippen molar-refractivity contribution in [3.63, 3.8) is 0 Å². The average molecular weight is 204 g/mol. The molecule has 1 rings (SSSR count). The Morgan fingerprint density at radius 2 is 2.00 bits per heavy atom. The second-order valence-corrected chi connectivity index (χ2v) is 7.07. The van der Waals surface area contributed by atoms with Gasteiger partial charge >= 0.3 is 0 Å². The van der Waals surface area contributed by atoms with Crippen molar-refractivity contribution in [3.05, 3.63) is 0 Å². The first-order chi connectivity index (χ1) is 5.87. The summed E-state index contributed by atoms with van der Waals surface area (Å²) in [5, 5.41) is 0. The molecule has 13 heavy (non-hydrogen) atoms. The zero-order chi connectivity index (χ0) is 10.1. The van der Waals surface area contributed by atoms with Gasteiger partial charge in [-0.1, -0.05) is 27.2 Å². The summed E-state index contributed by atoms with van der Waals surface area (Å²) in [6.45, 7) is 6.55. The smallest absolute Gasteiger partial charge is 0.150 e. The minimum absolute atomic E-state index is 0.207. The van der Waals surface area contributed by atoms with Gasteiger partial charge in [0, 0.05) is 0 Å². The molecule has 1 heterocycles. The molecule has 0 aromatic carbocycles. The molecule has 0 saturated carbocycles. The molecule has 0 aromatic heterocycles. The van der Waals surface area contributed by atoms with Crippen molar-refractivity contribution in [1.82, 2.24) is 0 Å². The summed E-state index contributed by atoms with van der Waals surface area (Å²) in [5.74, 6) is 1.21. The van der Waals surface area contributed by atoms with Crippen molar-refractivity contribution < 1.29 is 8.42 Å². The highest BCUT2D eigenvalue weighted by molar-refractivity contribution is 7.91. The summed E-state index contributed by atoms with van der Waals surface area (Å²) in [7, 11) is -2.70. The van der Waals surface area contributed by atoms with Crippen molar-refractivity contribution in [2.45, 2.75) is 40.0 Å². The number of sulfone groups is 1. The van der Waals surface area contributed by atoms with E-state index in [2.05, 4.69) is 20.8 Å². The van der Waals surface area contributed by atoms with Crippen LogP contribution in [0, 0.1) is 11.3 Å². The highest BCUT2D eigenvalue weighted by Crippen LogP contribution is 2.38. The molecule has 1 aliphatic heterocycles. The van der Waals surface area contributed by atoms with Gasteiger partial charge < -0.3 is 0 Å². The monoisotopic (exact) mass is 204 g/mol. The van der Waals surface area contributed by atoms with Crippen LogP contribution >= 0.6 is 0 Å². The first kappa shape index (κ1) is 11.0. The van der Waals surface area contributed by atoms with E-state index in [0.29, 0.717) is 17.4 Å². The van der Waals surface area contributed by atoms with Gasteiger partial charge in [-0.25, -0.2) is 8.42 Å². The Morgan fingerprint density at radius 3 is 2.38 bits per heavy atom. The molecule has 0 aromatic rings. The van der Waals surface area contributed by atoms with E-state index in [-0.39, 0.29) is 5.41 Å². The Balaban J connectivity index is 2.65. The molecule has 1 atom stereocenters. The molecule has 0 N–H and O–H groups in total. The van der Waals surface area contributed by atoms with E-state index < -0.39 is 9.84 Å². The molecular weight excluding hydrogens is 184 g/mol. The van der Waals surface area contributed by atoms with E-state index in [1.807, 2.05) is 0 Å². The standard InChI is InChI=1S/C10H20O2S/c1-4-6-10(2,3)9-5-7-13(11,12)8-9/h9H,4-8H2,1-3H3. The third kappa shape index (κ3) is 2.70. The van der Waals surface area contributed by atoms with Crippen LogP contribution in [0.3, 0.4) is 0 Å². The summed E-state index contributed by atoms with van der Waals surface area (Å²) in [5.41, 5.74) is 0.207. The highest BCUT2D eigenvalue weighted by Gasteiger charge is 2.37. The van der Waals surface area contributed by atoms with Crippen LogP contribution in [0.1, 0.15) is 40.0 Å². The fourth-order valence-electron chi connectivity index (χ4n) is 2.26. The lowest BCUT2D eigenvalue weighted by atomic mass is 9.75. The fourth-order valence-corrected chi connectivity index (χ4v) is 4.30. The molecule has 3 heteroatoms. The molecule has 0 spiro atoms. The molecule has 1 saturated heterocycles. The Bertz CT molecular complexity index is 265. The van der Waals surface area contributed by atoms with E-state index in [9.17, 15) is 8.42 Å². The van der Waals surface area contributed by atoms with Crippen LogP contribution in [0.5, 0.6) is 0 Å². The zero-order valence-corrected chi connectivity index (χ0v) is 9.65. The Morgan fingerprint density at radius 1 is 1.38 bits per heavy atom. The Kier molecular flexibility index (Phi) is 3.05. The van der Waals surface area contributed by atoms with Crippen molar-refractivity contribution in [2.75, 3.05) is 11.5 Å². The summed E-state index contributed by atoms with van der Waals surface area (Å²) in [6.07, 6.45) is 3.14. The van der Waals surface area contributed by atoms with Gasteiger partial charge in [-0.15, -0.1) is 0 Å². The Labute approximate surface area is 81.6 Å². The second kappa shape index (κ2) is 3.60. The number of hydrogen-bond acceptors (Lipinski definition) is 2. The molecule has 0 aliphatic carbocycles. The maximum atomic E-state index is 11.3. The molecule has 1 unspecified atom stereocenters. The summed E-state index contributed by atoms with van der Waals surface area (Å²) < 4.78 is 22.6. The average Bonchev–Trinajstić information content (AvgIpc) is 2.30. The van der Waals surface area contributed by atoms with Crippen molar-refractivity contribution in [2.24, 2.45) is 11.3 Å². The highest BCUT2D eigenvalue weighted by atomic mass is 32.2. The normalized spacial score (nSPS) is 27.8. The van der Waals surface area contributed by atoms with Gasteiger partial charge in [0.1, 0.15) is 0 Å². The minimum atomic E-state index is -2.70. The maximum Gasteiger partial charge on any atom is 0.150 e. The molecule has 0 radical (unpaired) electrons. The van der Waals surface area contributed by atoms with Crippen LogP contribution in [0.25, 0.3) is 0 Å². The van der Waals surface area contributed by atoms with Gasteiger partial charge in [0.15, 0.2) is 9.84 Å². The van der Waals surface area contributed by atoms with Gasteiger partial charge in [-0.3, -0.25) is 0 Å². The lowest BCUT2D eigenvalue weighted by molar-refractivity contribution is 0.215. The lowest BCUT2D eigenvalue weighted by Gasteiger charge is -2.30. The first-order valence-electron chi connectivity index (χ1n) is 5.08. The van der Waals surface area contributed by atoms with Crippen LogP contribution in [-0.4, -0.2) is 19.9 Å². The largest absolute Gasteiger partial charge is 0.229 e. The van der Waals surface area contributed by atoms with E-state index in [4.69, 9.17) is 0 Å². The van der Waals surface area contributed by atoms with E-state index in [1.165, 1.54) is 0 Å². The van der Waals surface area contributed by atoms with Crippen LogP contribution in [0.4, 0.5) is 0 Å². The van der Waals surface area contributed by atoms with Gasteiger partial charge in [0.25, 0.3) is 0 Å². The Hall–Kier alpha value is -0.0500. The predicted octanol–water partition coefficient (Wildman–Crippen LogP) is 2.25. The maximum absolute atomic E-state index is 11.3. The summed E-state index contributed by atoms with van der Waals surface area (Å²) >= 11 is 0. The van der Waals surface area contributed by atoms with E-state index >= 15 is 0 Å². The quantitative estimate of drug-likeness (QED) is 0.706. The van der Waals surface area contributed by atoms with Crippen LogP contribution in [0.15, 0.2) is 0 Å². The first-order valence-corrected chi connectivity index (χ1v) is 6.90. The van der Waals surface area contributed by atoms with E-state index in [0.717, 1.165) is 19.3 Å². The van der Waals surface area contributed by atoms with Gasteiger partial charge in [-0.2, -0.15) is 0 Å². The summed E-state index contributed by atoms with van der Waals surface area (Å²) in [4.78, 5) is 0. The number of rotatable bonds is 3. The molecule has 1 aliphatic rings. The lowest BCUT2D eigenvalue weighted by Crippen LogP contribution is -2.24. The summed E-state index contributed by atoms with van der Waals surface area (Å²) in [6, 6.07) is 0. The second-order valence-electron chi connectivity index (χ2n) is 4.84. The van der Waals surface area contributed by atoms with Crippen molar-refractivity contribution in [1.29, 1.82) is 0 Å². The fraction of sp³-hybridized carbons (Fsp3) is 1.00. The topological polar surface area (TPSA) is 34.1 Å².